The first kappa shape index (κ1) is 11.1. The maximum atomic E-state index is 8.65. The van der Waals surface area contributed by atoms with Crippen molar-refractivity contribution in [1.82, 2.24) is 10.1 Å². The molecular formula is C12H12N4O. The van der Waals surface area contributed by atoms with E-state index >= 15 is 0 Å². The molecule has 5 nitrogen and oxygen atoms in total. The maximum Gasteiger partial charge on any atom is 0.138 e. The first-order valence-corrected chi connectivity index (χ1v) is 5.22. The van der Waals surface area contributed by atoms with Crippen LogP contribution in [0.3, 0.4) is 0 Å². The van der Waals surface area contributed by atoms with E-state index in [0.29, 0.717) is 12.1 Å². The van der Waals surface area contributed by atoms with Crippen LogP contribution < -0.4 is 5.32 Å². The average molecular weight is 228 g/mol. The number of rotatable bonds is 3. The second kappa shape index (κ2) is 4.66. The van der Waals surface area contributed by atoms with Gasteiger partial charge in [-0.1, -0.05) is 5.16 Å². The molecule has 0 fully saturated rings. The van der Waals surface area contributed by atoms with E-state index < -0.39 is 0 Å². The van der Waals surface area contributed by atoms with E-state index in [2.05, 4.69) is 15.5 Å². The minimum absolute atomic E-state index is 0.549. The standard InChI is InChI=1S/C12H12N4O/c1-8-11(9(2)17-16-8)7-15-12-4-3-10(5-13)6-14-12/h3-4,6H,7H2,1-2H3,(H,14,15). The van der Waals surface area contributed by atoms with Crippen molar-refractivity contribution in [1.29, 1.82) is 5.26 Å². The van der Waals surface area contributed by atoms with Crippen molar-refractivity contribution in [3.63, 3.8) is 0 Å². The van der Waals surface area contributed by atoms with Crippen LogP contribution in [0, 0.1) is 25.2 Å². The van der Waals surface area contributed by atoms with Gasteiger partial charge in [0.1, 0.15) is 17.6 Å². The number of nitriles is 1. The summed E-state index contributed by atoms with van der Waals surface area (Å²) in [6.45, 7) is 4.39. The zero-order valence-electron chi connectivity index (χ0n) is 9.69. The molecule has 0 aromatic carbocycles. The lowest BCUT2D eigenvalue weighted by Gasteiger charge is -2.04. The molecule has 5 heteroatoms. The summed E-state index contributed by atoms with van der Waals surface area (Å²) in [6, 6.07) is 5.53. The molecule has 86 valence electrons. The van der Waals surface area contributed by atoms with Crippen molar-refractivity contribution < 1.29 is 4.52 Å². The molecule has 2 heterocycles. The van der Waals surface area contributed by atoms with Crippen LogP contribution in [0.15, 0.2) is 22.9 Å². The second-order valence-corrected chi connectivity index (χ2v) is 3.70. The van der Waals surface area contributed by atoms with Crippen molar-refractivity contribution in [2.45, 2.75) is 20.4 Å². The highest BCUT2D eigenvalue weighted by Crippen LogP contribution is 2.14. The molecule has 17 heavy (non-hydrogen) atoms. The maximum absolute atomic E-state index is 8.65. The van der Waals surface area contributed by atoms with Gasteiger partial charge in [-0.3, -0.25) is 0 Å². The highest BCUT2D eigenvalue weighted by molar-refractivity contribution is 5.40. The van der Waals surface area contributed by atoms with Crippen LogP contribution in [0.1, 0.15) is 22.6 Å². The lowest BCUT2D eigenvalue weighted by atomic mass is 10.2. The van der Waals surface area contributed by atoms with Crippen LogP contribution in [-0.2, 0) is 6.54 Å². The normalized spacial score (nSPS) is 9.94. The number of aryl methyl sites for hydroxylation is 2. The van der Waals surface area contributed by atoms with Gasteiger partial charge in [-0.15, -0.1) is 0 Å². The minimum Gasteiger partial charge on any atom is -0.366 e. The molecule has 1 N–H and O–H groups in total. The third-order valence-electron chi connectivity index (χ3n) is 2.52. The third-order valence-corrected chi connectivity index (χ3v) is 2.52. The molecule has 0 amide bonds. The molecule has 0 spiro atoms. The number of hydrogen-bond donors (Lipinski definition) is 1. The van der Waals surface area contributed by atoms with Gasteiger partial charge in [0.15, 0.2) is 0 Å². The number of aromatic nitrogens is 2. The zero-order chi connectivity index (χ0) is 12.3. The molecule has 0 saturated heterocycles. The molecule has 2 aromatic rings. The van der Waals surface area contributed by atoms with E-state index in [1.807, 2.05) is 19.9 Å². The Labute approximate surface area is 99.1 Å². The number of hydrogen-bond acceptors (Lipinski definition) is 5. The number of anilines is 1. The van der Waals surface area contributed by atoms with Crippen LogP contribution in [-0.4, -0.2) is 10.1 Å². The molecule has 0 atom stereocenters. The van der Waals surface area contributed by atoms with Gasteiger partial charge in [-0.2, -0.15) is 5.26 Å². The topological polar surface area (TPSA) is 74.7 Å². The molecule has 0 saturated carbocycles. The Balaban J connectivity index is 2.05. The summed E-state index contributed by atoms with van der Waals surface area (Å²) >= 11 is 0. The van der Waals surface area contributed by atoms with Gasteiger partial charge < -0.3 is 9.84 Å². The fraction of sp³-hybridized carbons (Fsp3) is 0.250. The van der Waals surface area contributed by atoms with Crippen LogP contribution in [0.25, 0.3) is 0 Å². The van der Waals surface area contributed by atoms with Crippen LogP contribution in [0.5, 0.6) is 0 Å². The van der Waals surface area contributed by atoms with Crippen molar-refractivity contribution in [2.75, 3.05) is 5.32 Å². The summed E-state index contributed by atoms with van der Waals surface area (Å²) in [7, 11) is 0. The molecule has 0 unspecified atom stereocenters. The second-order valence-electron chi connectivity index (χ2n) is 3.70. The smallest absolute Gasteiger partial charge is 0.138 e. The SMILES string of the molecule is Cc1noc(C)c1CNc1ccc(C#N)cn1. The van der Waals surface area contributed by atoms with Gasteiger partial charge >= 0.3 is 0 Å². The summed E-state index contributed by atoms with van der Waals surface area (Å²) in [5, 5.41) is 15.7. The molecule has 2 rings (SSSR count). The quantitative estimate of drug-likeness (QED) is 0.871. The summed E-state index contributed by atoms with van der Waals surface area (Å²) in [6.07, 6.45) is 1.54. The van der Waals surface area contributed by atoms with Crippen molar-refractivity contribution in [3.05, 3.63) is 40.9 Å². The number of nitrogens with one attached hydrogen (secondary N) is 1. The molecular weight excluding hydrogens is 216 g/mol. The first-order chi connectivity index (χ1) is 8.20. The first-order valence-electron chi connectivity index (χ1n) is 5.22. The average Bonchev–Trinajstić information content (AvgIpc) is 2.67. The van der Waals surface area contributed by atoms with E-state index in [0.717, 1.165) is 22.8 Å². The van der Waals surface area contributed by atoms with E-state index in [1.54, 1.807) is 12.1 Å². The summed E-state index contributed by atoms with van der Waals surface area (Å²) < 4.78 is 5.07. The summed E-state index contributed by atoms with van der Waals surface area (Å²) in [5.41, 5.74) is 2.47. The van der Waals surface area contributed by atoms with Gasteiger partial charge in [0, 0.05) is 18.3 Å². The van der Waals surface area contributed by atoms with Crippen molar-refractivity contribution >= 4 is 5.82 Å². The lowest BCUT2D eigenvalue weighted by molar-refractivity contribution is 0.392. The largest absolute Gasteiger partial charge is 0.366 e. The van der Waals surface area contributed by atoms with Gasteiger partial charge in [-0.05, 0) is 26.0 Å². The van der Waals surface area contributed by atoms with Gasteiger partial charge in [0.25, 0.3) is 0 Å². The van der Waals surface area contributed by atoms with E-state index in [-0.39, 0.29) is 0 Å². The predicted octanol–water partition coefficient (Wildman–Crippen LogP) is 2.17. The Kier molecular flexibility index (Phi) is 3.06. The lowest BCUT2D eigenvalue weighted by Crippen LogP contribution is -2.02. The number of pyridine rings is 1. The highest BCUT2D eigenvalue weighted by atomic mass is 16.5. The van der Waals surface area contributed by atoms with Gasteiger partial charge in [-0.25, -0.2) is 4.98 Å². The Hall–Kier alpha value is -2.35. The summed E-state index contributed by atoms with van der Waals surface area (Å²) in [4.78, 5) is 4.12. The Morgan fingerprint density at radius 3 is 2.76 bits per heavy atom. The Morgan fingerprint density at radius 2 is 2.24 bits per heavy atom. The molecule has 0 aliphatic carbocycles. The minimum atomic E-state index is 0.549. The fourth-order valence-corrected chi connectivity index (χ4v) is 1.50. The third kappa shape index (κ3) is 2.42. The monoisotopic (exact) mass is 228 g/mol. The van der Waals surface area contributed by atoms with E-state index in [1.165, 1.54) is 6.20 Å². The predicted molar refractivity (Wildman–Crippen MR) is 62.3 cm³/mol. The van der Waals surface area contributed by atoms with Gasteiger partial charge in [0.05, 0.1) is 11.3 Å². The van der Waals surface area contributed by atoms with Crippen LogP contribution in [0.4, 0.5) is 5.82 Å². The van der Waals surface area contributed by atoms with E-state index in [4.69, 9.17) is 9.78 Å². The molecule has 0 aliphatic heterocycles. The Morgan fingerprint density at radius 1 is 1.41 bits per heavy atom. The van der Waals surface area contributed by atoms with E-state index in [9.17, 15) is 0 Å². The van der Waals surface area contributed by atoms with Crippen molar-refractivity contribution in [3.8, 4) is 6.07 Å². The van der Waals surface area contributed by atoms with Gasteiger partial charge in [0.2, 0.25) is 0 Å². The fourth-order valence-electron chi connectivity index (χ4n) is 1.50. The number of nitrogens with zero attached hydrogens (tertiary/aromatic N) is 3. The Bertz CT molecular complexity index is 531. The molecule has 0 bridgehead atoms. The highest BCUT2D eigenvalue weighted by Gasteiger charge is 2.08. The van der Waals surface area contributed by atoms with Crippen molar-refractivity contribution in [2.24, 2.45) is 0 Å². The summed E-state index contributed by atoms with van der Waals surface area (Å²) in [5.74, 6) is 1.53. The molecule has 0 radical (unpaired) electrons. The van der Waals surface area contributed by atoms with Crippen LogP contribution in [0.2, 0.25) is 0 Å². The molecule has 0 aliphatic rings. The zero-order valence-corrected chi connectivity index (χ0v) is 9.69. The molecule has 2 aromatic heterocycles. The van der Waals surface area contributed by atoms with Crippen LogP contribution >= 0.6 is 0 Å².